The zero-order chi connectivity index (χ0) is 14.5. The van der Waals surface area contributed by atoms with Crippen LogP contribution in [0.15, 0.2) is 18.2 Å². The highest BCUT2D eigenvalue weighted by atomic mass is 19.1. The van der Waals surface area contributed by atoms with Gasteiger partial charge < -0.3 is 15.5 Å². The average Bonchev–Trinajstić information content (AvgIpc) is 2.83. The highest BCUT2D eigenvalue weighted by Crippen LogP contribution is 2.28. The molecule has 1 aromatic carbocycles. The number of para-hydroxylation sites is 1. The molecule has 1 fully saturated rings. The van der Waals surface area contributed by atoms with Gasteiger partial charge in [0.15, 0.2) is 0 Å². The smallest absolute Gasteiger partial charge is 0.217 e. The van der Waals surface area contributed by atoms with Gasteiger partial charge in [0.2, 0.25) is 5.91 Å². The molecule has 1 unspecified atom stereocenters. The van der Waals surface area contributed by atoms with Crippen molar-refractivity contribution in [1.29, 1.82) is 0 Å². The second-order valence-corrected chi connectivity index (χ2v) is 5.16. The largest absolute Gasteiger partial charge is 0.367 e. The number of halogens is 1. The molecule has 0 bridgehead atoms. The van der Waals surface area contributed by atoms with Gasteiger partial charge >= 0.3 is 0 Å². The number of carbonyl (C=O) groups is 1. The lowest BCUT2D eigenvalue weighted by Crippen LogP contribution is -2.36. The molecule has 1 aliphatic heterocycles. The average molecular weight is 279 g/mol. The van der Waals surface area contributed by atoms with Crippen molar-refractivity contribution in [2.45, 2.75) is 32.9 Å². The van der Waals surface area contributed by atoms with E-state index in [1.54, 1.807) is 6.07 Å². The molecule has 0 radical (unpaired) electrons. The molecule has 20 heavy (non-hydrogen) atoms. The first kappa shape index (κ1) is 14.8. The van der Waals surface area contributed by atoms with Crippen LogP contribution < -0.4 is 15.5 Å². The molecule has 0 spiro atoms. The summed E-state index contributed by atoms with van der Waals surface area (Å²) in [5.41, 5.74) is 1.64. The molecule has 110 valence electrons. The van der Waals surface area contributed by atoms with Gasteiger partial charge in [-0.2, -0.15) is 0 Å². The van der Waals surface area contributed by atoms with Crippen LogP contribution in [0.4, 0.5) is 10.1 Å². The molecule has 1 atom stereocenters. The van der Waals surface area contributed by atoms with Gasteiger partial charge in [-0.25, -0.2) is 4.39 Å². The molecule has 2 N–H and O–H groups in total. The number of carbonyl (C=O) groups excluding carboxylic acids is 1. The Morgan fingerprint density at radius 2 is 2.30 bits per heavy atom. The van der Waals surface area contributed by atoms with Gasteiger partial charge in [-0.15, -0.1) is 0 Å². The van der Waals surface area contributed by atoms with Gasteiger partial charge in [0.25, 0.3) is 0 Å². The lowest BCUT2D eigenvalue weighted by molar-refractivity contribution is -0.119. The summed E-state index contributed by atoms with van der Waals surface area (Å²) in [6.45, 7) is 6.49. The normalized spacial score (nSPS) is 18.4. The zero-order valence-electron chi connectivity index (χ0n) is 12.1. The minimum atomic E-state index is -0.191. The van der Waals surface area contributed by atoms with Gasteiger partial charge in [-0.05, 0) is 24.6 Å². The molecule has 1 aromatic rings. The summed E-state index contributed by atoms with van der Waals surface area (Å²) in [4.78, 5) is 13.1. The van der Waals surface area contributed by atoms with E-state index in [9.17, 15) is 9.18 Å². The maximum absolute atomic E-state index is 14.2. The minimum absolute atomic E-state index is 0.0294. The lowest BCUT2D eigenvalue weighted by Gasteiger charge is -2.23. The van der Waals surface area contributed by atoms with Gasteiger partial charge in [0.1, 0.15) is 5.82 Å². The Labute approximate surface area is 119 Å². The first-order valence-electron chi connectivity index (χ1n) is 7.12. The molecule has 5 heteroatoms. The number of rotatable bonds is 5. The predicted molar refractivity (Wildman–Crippen MR) is 78.2 cm³/mol. The summed E-state index contributed by atoms with van der Waals surface area (Å²) in [7, 11) is 0. The SMILES string of the molecule is CCNCc1cccc(F)c1N1CCC(NC(C)=O)C1. The first-order chi connectivity index (χ1) is 9.61. The van der Waals surface area contributed by atoms with E-state index in [4.69, 9.17) is 0 Å². The van der Waals surface area contributed by atoms with Crippen LogP contribution in [0.2, 0.25) is 0 Å². The molecule has 2 rings (SSSR count). The van der Waals surface area contributed by atoms with E-state index in [0.717, 1.165) is 25.1 Å². The summed E-state index contributed by atoms with van der Waals surface area (Å²) in [5, 5.41) is 6.14. The number of amides is 1. The van der Waals surface area contributed by atoms with Gasteiger partial charge in [0.05, 0.1) is 5.69 Å². The summed E-state index contributed by atoms with van der Waals surface area (Å²) in [5.74, 6) is -0.220. The minimum Gasteiger partial charge on any atom is -0.367 e. The fraction of sp³-hybridized carbons (Fsp3) is 0.533. The van der Waals surface area contributed by atoms with Crippen LogP contribution >= 0.6 is 0 Å². The lowest BCUT2D eigenvalue weighted by atomic mass is 10.1. The predicted octanol–water partition coefficient (Wildman–Crippen LogP) is 1.65. The maximum Gasteiger partial charge on any atom is 0.217 e. The van der Waals surface area contributed by atoms with Crippen molar-refractivity contribution in [1.82, 2.24) is 10.6 Å². The van der Waals surface area contributed by atoms with Crippen LogP contribution in [0.3, 0.4) is 0 Å². The number of benzene rings is 1. The Balaban J connectivity index is 2.14. The van der Waals surface area contributed by atoms with Crippen LogP contribution in [0, 0.1) is 5.82 Å². The number of nitrogens with one attached hydrogen (secondary N) is 2. The standard InChI is InChI=1S/C15H22FN3O/c1-3-17-9-12-5-4-6-14(16)15(12)19-8-7-13(10-19)18-11(2)20/h4-6,13,17H,3,7-10H2,1-2H3,(H,18,20). The highest BCUT2D eigenvalue weighted by molar-refractivity contribution is 5.73. The van der Waals surface area contributed by atoms with Crippen molar-refractivity contribution in [3.63, 3.8) is 0 Å². The Kier molecular flexibility index (Phi) is 4.95. The van der Waals surface area contributed by atoms with Crippen LogP contribution in [-0.2, 0) is 11.3 Å². The quantitative estimate of drug-likeness (QED) is 0.861. The fourth-order valence-corrected chi connectivity index (χ4v) is 2.69. The molecule has 1 amide bonds. The first-order valence-corrected chi connectivity index (χ1v) is 7.12. The van der Waals surface area contributed by atoms with Crippen molar-refractivity contribution in [2.24, 2.45) is 0 Å². The summed E-state index contributed by atoms with van der Waals surface area (Å²) in [6.07, 6.45) is 0.856. The van der Waals surface area contributed by atoms with Crippen LogP contribution in [0.5, 0.6) is 0 Å². The summed E-state index contributed by atoms with van der Waals surface area (Å²) in [6, 6.07) is 5.30. The molecular formula is C15H22FN3O. The third kappa shape index (κ3) is 3.48. The Hall–Kier alpha value is -1.62. The third-order valence-electron chi connectivity index (χ3n) is 3.55. The molecule has 1 heterocycles. The second-order valence-electron chi connectivity index (χ2n) is 5.16. The molecule has 1 saturated heterocycles. The molecule has 0 saturated carbocycles. The van der Waals surface area contributed by atoms with E-state index in [1.807, 2.05) is 17.9 Å². The number of nitrogens with zero attached hydrogens (tertiary/aromatic N) is 1. The van der Waals surface area contributed by atoms with E-state index in [0.29, 0.717) is 18.8 Å². The van der Waals surface area contributed by atoms with E-state index in [2.05, 4.69) is 10.6 Å². The molecule has 0 aliphatic carbocycles. The maximum atomic E-state index is 14.2. The van der Waals surface area contributed by atoms with Gasteiger partial charge in [-0.3, -0.25) is 4.79 Å². The Morgan fingerprint density at radius 3 is 3.00 bits per heavy atom. The molecule has 0 aromatic heterocycles. The summed E-state index contributed by atoms with van der Waals surface area (Å²) >= 11 is 0. The van der Waals surface area contributed by atoms with Crippen molar-refractivity contribution >= 4 is 11.6 Å². The summed E-state index contributed by atoms with van der Waals surface area (Å²) < 4.78 is 14.2. The molecule has 4 nitrogen and oxygen atoms in total. The van der Waals surface area contributed by atoms with E-state index >= 15 is 0 Å². The number of hydrogen-bond donors (Lipinski definition) is 2. The zero-order valence-corrected chi connectivity index (χ0v) is 12.1. The highest BCUT2D eigenvalue weighted by Gasteiger charge is 2.26. The third-order valence-corrected chi connectivity index (χ3v) is 3.55. The molecular weight excluding hydrogens is 257 g/mol. The van der Waals surface area contributed by atoms with Crippen molar-refractivity contribution < 1.29 is 9.18 Å². The van der Waals surface area contributed by atoms with Crippen LogP contribution in [0.25, 0.3) is 0 Å². The monoisotopic (exact) mass is 279 g/mol. The van der Waals surface area contributed by atoms with E-state index < -0.39 is 0 Å². The van der Waals surface area contributed by atoms with Crippen LogP contribution in [-0.4, -0.2) is 31.6 Å². The number of hydrogen-bond acceptors (Lipinski definition) is 3. The number of anilines is 1. The Morgan fingerprint density at radius 1 is 1.50 bits per heavy atom. The van der Waals surface area contributed by atoms with Crippen molar-refractivity contribution in [2.75, 3.05) is 24.5 Å². The topological polar surface area (TPSA) is 44.4 Å². The van der Waals surface area contributed by atoms with Crippen LogP contribution in [0.1, 0.15) is 25.8 Å². The van der Waals surface area contributed by atoms with Crippen molar-refractivity contribution in [3.05, 3.63) is 29.6 Å². The van der Waals surface area contributed by atoms with Gasteiger partial charge in [0, 0.05) is 32.6 Å². The second kappa shape index (κ2) is 6.70. The molecule has 1 aliphatic rings. The van der Waals surface area contributed by atoms with Crippen molar-refractivity contribution in [3.8, 4) is 0 Å². The van der Waals surface area contributed by atoms with Gasteiger partial charge in [-0.1, -0.05) is 19.1 Å². The Bertz CT molecular complexity index is 478. The van der Waals surface area contributed by atoms with E-state index in [1.165, 1.54) is 13.0 Å². The fourth-order valence-electron chi connectivity index (χ4n) is 2.69. The van der Waals surface area contributed by atoms with E-state index in [-0.39, 0.29) is 17.8 Å².